The molecule has 1 amide bonds. The molecule has 4 nitrogen and oxygen atoms in total. The Morgan fingerprint density at radius 3 is 2.48 bits per heavy atom. The quantitative estimate of drug-likeness (QED) is 0.645. The van der Waals surface area contributed by atoms with E-state index in [-0.39, 0.29) is 15.7 Å². The highest BCUT2D eigenvalue weighted by Gasteiger charge is 2.21. The van der Waals surface area contributed by atoms with Crippen LogP contribution in [0, 0.1) is 12.7 Å². The van der Waals surface area contributed by atoms with Crippen molar-refractivity contribution in [2.75, 3.05) is 5.32 Å². The van der Waals surface area contributed by atoms with Crippen LogP contribution in [0.2, 0.25) is 10.0 Å². The third-order valence-corrected chi connectivity index (χ3v) is 4.59. The zero-order valence-electron chi connectivity index (χ0n) is 13.5. The largest absolute Gasteiger partial charge is 0.320 e. The molecule has 0 aliphatic rings. The van der Waals surface area contributed by atoms with Gasteiger partial charge < -0.3 is 5.32 Å². The van der Waals surface area contributed by atoms with Crippen molar-refractivity contribution >= 4 is 34.8 Å². The van der Waals surface area contributed by atoms with Crippen molar-refractivity contribution in [2.24, 2.45) is 7.05 Å². The van der Waals surface area contributed by atoms with Crippen molar-refractivity contribution in [1.29, 1.82) is 0 Å². The maximum absolute atomic E-state index is 14.1. The number of nitrogens with zero attached hydrogens (tertiary/aromatic N) is 2. The fraction of sp³-hybridized carbons (Fsp3) is 0.111. The van der Waals surface area contributed by atoms with Crippen molar-refractivity contribution in [3.05, 3.63) is 69.7 Å². The molecule has 1 N–H and O–H groups in total. The third kappa shape index (κ3) is 3.38. The number of hydrogen-bond donors (Lipinski definition) is 1. The fourth-order valence-electron chi connectivity index (χ4n) is 2.57. The molecule has 0 unspecified atom stereocenters. The average molecular weight is 378 g/mol. The van der Waals surface area contributed by atoms with Crippen LogP contribution in [-0.2, 0) is 7.05 Å². The summed E-state index contributed by atoms with van der Waals surface area (Å²) >= 11 is 12.2. The number of carbonyl (C=O) groups is 1. The lowest BCUT2D eigenvalue weighted by Gasteiger charge is -2.15. The molecule has 128 valence electrons. The average Bonchev–Trinajstić information content (AvgIpc) is 2.94. The first-order valence-corrected chi connectivity index (χ1v) is 8.18. The van der Waals surface area contributed by atoms with Crippen molar-refractivity contribution in [3.63, 3.8) is 0 Å². The summed E-state index contributed by atoms with van der Waals surface area (Å²) in [6.45, 7) is 1.73. The molecule has 0 aliphatic heterocycles. The predicted octanol–water partition coefficient (Wildman–Crippen LogP) is 5.09. The normalized spacial score (nSPS) is 10.8. The molecule has 3 rings (SSSR count). The third-order valence-electron chi connectivity index (χ3n) is 3.74. The van der Waals surface area contributed by atoms with Crippen LogP contribution in [-0.4, -0.2) is 15.7 Å². The van der Waals surface area contributed by atoms with Gasteiger partial charge >= 0.3 is 0 Å². The Morgan fingerprint density at radius 1 is 1.20 bits per heavy atom. The maximum atomic E-state index is 14.1. The Bertz CT molecular complexity index is 955. The van der Waals surface area contributed by atoms with Gasteiger partial charge in [-0.1, -0.05) is 53.5 Å². The highest BCUT2D eigenvalue weighted by molar-refractivity contribution is 6.44. The predicted molar refractivity (Wildman–Crippen MR) is 97.8 cm³/mol. The van der Waals surface area contributed by atoms with Gasteiger partial charge in [-0.25, -0.2) is 4.39 Å². The molecule has 0 fully saturated rings. The molecule has 0 spiro atoms. The number of aromatic nitrogens is 2. The zero-order valence-corrected chi connectivity index (χ0v) is 15.0. The first-order valence-electron chi connectivity index (χ1n) is 7.43. The summed E-state index contributed by atoms with van der Waals surface area (Å²) < 4.78 is 15.6. The van der Waals surface area contributed by atoms with Gasteiger partial charge in [-0.2, -0.15) is 5.10 Å². The summed E-state index contributed by atoms with van der Waals surface area (Å²) in [4.78, 5) is 12.6. The Morgan fingerprint density at radius 2 is 1.88 bits per heavy atom. The van der Waals surface area contributed by atoms with Crippen LogP contribution in [0.25, 0.3) is 11.1 Å². The highest BCUT2D eigenvalue weighted by Crippen LogP contribution is 2.40. The minimum Gasteiger partial charge on any atom is -0.320 e. The van der Waals surface area contributed by atoms with E-state index in [1.165, 1.54) is 6.07 Å². The minimum atomic E-state index is -0.652. The molecule has 0 bridgehead atoms. The molecule has 3 aromatic rings. The van der Waals surface area contributed by atoms with Crippen molar-refractivity contribution in [2.45, 2.75) is 6.92 Å². The van der Waals surface area contributed by atoms with E-state index in [1.54, 1.807) is 37.0 Å². The van der Waals surface area contributed by atoms with Crippen LogP contribution in [0.15, 0.2) is 42.6 Å². The first kappa shape index (κ1) is 17.5. The van der Waals surface area contributed by atoms with Crippen LogP contribution >= 0.6 is 23.2 Å². The van der Waals surface area contributed by atoms with E-state index in [1.807, 2.05) is 18.2 Å². The summed E-state index contributed by atoms with van der Waals surface area (Å²) in [5.41, 5.74) is 2.39. The van der Waals surface area contributed by atoms with Gasteiger partial charge in [0.05, 0.1) is 27.0 Å². The second-order valence-electron chi connectivity index (χ2n) is 5.53. The topological polar surface area (TPSA) is 46.9 Å². The second kappa shape index (κ2) is 6.86. The molecule has 2 aromatic carbocycles. The molecule has 0 saturated carbocycles. The van der Waals surface area contributed by atoms with Crippen LogP contribution in [0.4, 0.5) is 10.1 Å². The highest BCUT2D eigenvalue weighted by atomic mass is 35.5. The number of halogens is 3. The molecule has 1 aromatic heterocycles. The summed E-state index contributed by atoms with van der Waals surface area (Å²) in [7, 11) is 1.72. The van der Waals surface area contributed by atoms with Gasteiger partial charge in [-0.15, -0.1) is 0 Å². The number of aryl methyl sites for hydroxylation is 2. The van der Waals surface area contributed by atoms with Crippen molar-refractivity contribution in [1.82, 2.24) is 9.78 Å². The van der Waals surface area contributed by atoms with E-state index < -0.39 is 11.7 Å². The number of hydrogen-bond acceptors (Lipinski definition) is 2. The van der Waals surface area contributed by atoms with Gasteiger partial charge in [-0.05, 0) is 18.6 Å². The van der Waals surface area contributed by atoms with Gasteiger partial charge in [-0.3, -0.25) is 9.48 Å². The molecule has 25 heavy (non-hydrogen) atoms. The van der Waals surface area contributed by atoms with Crippen LogP contribution < -0.4 is 5.32 Å². The molecule has 0 saturated heterocycles. The lowest BCUT2D eigenvalue weighted by molar-refractivity contribution is 0.102. The molecule has 0 atom stereocenters. The molecular weight excluding hydrogens is 364 g/mol. The summed E-state index contributed by atoms with van der Waals surface area (Å²) in [5, 5.41) is 6.60. The van der Waals surface area contributed by atoms with Crippen LogP contribution in [0.1, 0.15) is 16.1 Å². The monoisotopic (exact) mass is 377 g/mol. The number of anilines is 1. The van der Waals surface area contributed by atoms with Gasteiger partial charge in [0.15, 0.2) is 0 Å². The fourth-order valence-corrected chi connectivity index (χ4v) is 2.95. The van der Waals surface area contributed by atoms with Gasteiger partial charge in [0.25, 0.3) is 5.91 Å². The summed E-state index contributed by atoms with van der Waals surface area (Å²) in [5.74, 6) is -1.05. The lowest BCUT2D eigenvalue weighted by Crippen LogP contribution is -2.14. The Kier molecular flexibility index (Phi) is 4.79. The maximum Gasteiger partial charge on any atom is 0.259 e. The summed E-state index contributed by atoms with van der Waals surface area (Å²) in [6.07, 6.45) is 1.60. The molecule has 7 heteroatoms. The van der Waals surface area contributed by atoms with Crippen LogP contribution in [0.3, 0.4) is 0 Å². The lowest BCUT2D eigenvalue weighted by atomic mass is 10.0. The summed E-state index contributed by atoms with van der Waals surface area (Å²) in [6, 6.07) is 10.3. The van der Waals surface area contributed by atoms with E-state index in [2.05, 4.69) is 10.4 Å². The smallest absolute Gasteiger partial charge is 0.259 e. The van der Waals surface area contributed by atoms with E-state index in [0.717, 1.165) is 0 Å². The second-order valence-corrected chi connectivity index (χ2v) is 6.29. The molecule has 0 aliphatic carbocycles. The van der Waals surface area contributed by atoms with Crippen molar-refractivity contribution in [3.8, 4) is 11.1 Å². The SMILES string of the molecule is Cc1nn(C)cc1C(=O)Nc1c(-c2ccccc2)cc(F)c(Cl)c1Cl. The number of rotatable bonds is 3. The minimum absolute atomic E-state index is 0.0459. The number of benzene rings is 2. The number of nitrogens with one attached hydrogen (secondary N) is 1. The van der Waals surface area contributed by atoms with E-state index in [0.29, 0.717) is 22.4 Å². The molecular formula is C18H14Cl2FN3O. The zero-order chi connectivity index (χ0) is 18.1. The molecule has 1 heterocycles. The Hall–Kier alpha value is -2.37. The molecule has 0 radical (unpaired) electrons. The van der Waals surface area contributed by atoms with Gasteiger partial charge in [0, 0.05) is 18.8 Å². The Balaban J connectivity index is 2.10. The van der Waals surface area contributed by atoms with E-state index >= 15 is 0 Å². The van der Waals surface area contributed by atoms with Crippen LogP contribution in [0.5, 0.6) is 0 Å². The number of amides is 1. The standard InChI is InChI=1S/C18H14Cl2FN3O/c1-10-13(9-24(2)23-10)18(25)22-17-12(11-6-4-3-5-7-11)8-14(21)15(19)16(17)20/h3-9H,1-2H3,(H,22,25). The van der Waals surface area contributed by atoms with E-state index in [9.17, 15) is 9.18 Å². The Labute approximate surface area is 154 Å². The van der Waals surface area contributed by atoms with Gasteiger partial charge in [0.1, 0.15) is 5.82 Å². The first-order chi connectivity index (χ1) is 11.9. The van der Waals surface area contributed by atoms with E-state index in [4.69, 9.17) is 23.2 Å². The van der Waals surface area contributed by atoms with Gasteiger partial charge in [0.2, 0.25) is 0 Å². The van der Waals surface area contributed by atoms with Crippen molar-refractivity contribution < 1.29 is 9.18 Å². The number of carbonyl (C=O) groups excluding carboxylic acids is 1.